The van der Waals surface area contributed by atoms with Crippen molar-refractivity contribution in [3.63, 3.8) is 0 Å². The summed E-state index contributed by atoms with van der Waals surface area (Å²) in [6.45, 7) is 2.13. The Bertz CT molecular complexity index is 295. The van der Waals surface area contributed by atoms with E-state index >= 15 is 0 Å². The summed E-state index contributed by atoms with van der Waals surface area (Å²) in [7, 11) is 1.98. The number of aryl methyl sites for hydroxylation is 1. The third-order valence-electron chi connectivity index (χ3n) is 2.03. The van der Waals surface area contributed by atoms with E-state index in [0.717, 1.165) is 12.8 Å². The van der Waals surface area contributed by atoms with Crippen molar-refractivity contribution in [3.05, 3.63) is 21.9 Å². The molecule has 0 radical (unpaired) electrons. The summed E-state index contributed by atoms with van der Waals surface area (Å²) >= 11 is 1.84. The van der Waals surface area contributed by atoms with E-state index in [1.807, 2.05) is 18.4 Å². The Balaban J connectivity index is 2.62. The Morgan fingerprint density at radius 3 is 2.85 bits per heavy atom. The van der Waals surface area contributed by atoms with Gasteiger partial charge in [-0.15, -0.1) is 23.7 Å². The zero-order chi connectivity index (χ0) is 9.68. The Morgan fingerprint density at radius 1 is 1.62 bits per heavy atom. The molecule has 1 nitrogen and oxygen atoms in total. The molecular formula is C11H15NS. The molecular weight excluding hydrogens is 178 g/mol. The smallest absolute Gasteiger partial charge is 0.0421 e. The number of nitrogens with one attached hydrogen (secondary N) is 1. The van der Waals surface area contributed by atoms with Gasteiger partial charge in [-0.3, -0.25) is 0 Å². The van der Waals surface area contributed by atoms with Crippen molar-refractivity contribution in [1.82, 2.24) is 5.32 Å². The number of terminal acetylenes is 1. The largest absolute Gasteiger partial charge is 0.312 e. The van der Waals surface area contributed by atoms with Crippen LogP contribution >= 0.6 is 11.3 Å². The quantitative estimate of drug-likeness (QED) is 0.725. The summed E-state index contributed by atoms with van der Waals surface area (Å²) in [5.41, 5.74) is 0. The molecule has 0 aliphatic rings. The molecule has 1 heterocycles. The summed E-state index contributed by atoms with van der Waals surface area (Å²) in [6, 6.07) is 4.76. The van der Waals surface area contributed by atoms with E-state index in [2.05, 4.69) is 30.3 Å². The minimum absolute atomic E-state index is 0.426. The van der Waals surface area contributed by atoms with Gasteiger partial charge in [-0.2, -0.15) is 0 Å². The van der Waals surface area contributed by atoms with Crippen molar-refractivity contribution in [2.24, 2.45) is 0 Å². The van der Waals surface area contributed by atoms with E-state index < -0.39 is 0 Å². The highest BCUT2D eigenvalue weighted by molar-refractivity contribution is 7.12. The maximum absolute atomic E-state index is 5.24. The average molecular weight is 193 g/mol. The van der Waals surface area contributed by atoms with E-state index in [1.165, 1.54) is 9.75 Å². The highest BCUT2D eigenvalue weighted by Gasteiger charge is 2.09. The first-order valence-electron chi connectivity index (χ1n) is 4.45. The summed E-state index contributed by atoms with van der Waals surface area (Å²) in [6.07, 6.45) is 7.10. The van der Waals surface area contributed by atoms with E-state index in [4.69, 9.17) is 6.42 Å². The normalized spacial score (nSPS) is 12.4. The molecule has 0 aliphatic heterocycles. The topological polar surface area (TPSA) is 12.0 Å². The van der Waals surface area contributed by atoms with Gasteiger partial charge in [0.05, 0.1) is 0 Å². The second-order valence-corrected chi connectivity index (χ2v) is 4.35. The molecule has 70 valence electrons. The van der Waals surface area contributed by atoms with E-state index in [-0.39, 0.29) is 0 Å². The van der Waals surface area contributed by atoms with Crippen molar-refractivity contribution in [2.75, 3.05) is 7.05 Å². The van der Waals surface area contributed by atoms with Crippen LogP contribution in [0.15, 0.2) is 12.1 Å². The van der Waals surface area contributed by atoms with Crippen LogP contribution in [0.2, 0.25) is 0 Å². The molecule has 0 amide bonds. The summed E-state index contributed by atoms with van der Waals surface area (Å²) in [5, 5.41) is 3.28. The van der Waals surface area contributed by atoms with Gasteiger partial charge in [0, 0.05) is 22.2 Å². The van der Waals surface area contributed by atoms with Gasteiger partial charge in [0.25, 0.3) is 0 Å². The zero-order valence-electron chi connectivity index (χ0n) is 8.13. The van der Waals surface area contributed by atoms with Gasteiger partial charge in [0.1, 0.15) is 0 Å². The number of thiophene rings is 1. The molecule has 1 aromatic heterocycles. The zero-order valence-corrected chi connectivity index (χ0v) is 8.95. The van der Waals surface area contributed by atoms with Crippen molar-refractivity contribution < 1.29 is 0 Å². The minimum Gasteiger partial charge on any atom is -0.312 e. The van der Waals surface area contributed by atoms with Crippen LogP contribution in [0.1, 0.15) is 28.6 Å². The maximum Gasteiger partial charge on any atom is 0.0421 e. The van der Waals surface area contributed by atoms with E-state index in [1.54, 1.807) is 0 Å². The van der Waals surface area contributed by atoms with E-state index in [9.17, 15) is 0 Å². The van der Waals surface area contributed by atoms with Gasteiger partial charge in [-0.05, 0) is 32.5 Å². The van der Waals surface area contributed by atoms with Crippen LogP contribution in [0.5, 0.6) is 0 Å². The Hall–Kier alpha value is -0.780. The number of hydrogen-bond acceptors (Lipinski definition) is 2. The summed E-state index contributed by atoms with van der Waals surface area (Å²) in [4.78, 5) is 2.74. The molecule has 0 bridgehead atoms. The van der Waals surface area contributed by atoms with Crippen LogP contribution in [0.25, 0.3) is 0 Å². The van der Waals surface area contributed by atoms with Crippen molar-refractivity contribution in [1.29, 1.82) is 0 Å². The van der Waals surface area contributed by atoms with Gasteiger partial charge in [0.15, 0.2) is 0 Å². The third-order valence-corrected chi connectivity index (χ3v) is 3.14. The molecule has 0 saturated heterocycles. The highest BCUT2D eigenvalue weighted by atomic mass is 32.1. The third kappa shape index (κ3) is 2.87. The average Bonchev–Trinajstić information content (AvgIpc) is 2.54. The fourth-order valence-electron chi connectivity index (χ4n) is 1.30. The molecule has 0 aromatic carbocycles. The summed E-state index contributed by atoms with van der Waals surface area (Å²) < 4.78 is 0. The standard InChI is InChI=1S/C11H15NS/c1-4-5-6-10(12-3)11-8-7-9(2)13-11/h1,7-8,10,12H,5-6H2,2-3H3. The molecule has 1 rings (SSSR count). The SMILES string of the molecule is C#CCCC(NC)c1ccc(C)s1. The van der Waals surface area contributed by atoms with Crippen LogP contribution in [0.4, 0.5) is 0 Å². The van der Waals surface area contributed by atoms with Gasteiger partial charge in [-0.25, -0.2) is 0 Å². The fourth-order valence-corrected chi connectivity index (χ4v) is 2.32. The van der Waals surface area contributed by atoms with Gasteiger partial charge >= 0.3 is 0 Å². The first-order valence-corrected chi connectivity index (χ1v) is 5.26. The predicted molar refractivity (Wildman–Crippen MR) is 58.9 cm³/mol. The second-order valence-electron chi connectivity index (χ2n) is 3.03. The first kappa shape index (κ1) is 10.3. The lowest BCUT2D eigenvalue weighted by atomic mass is 10.1. The lowest BCUT2D eigenvalue weighted by molar-refractivity contribution is 0.567. The van der Waals surface area contributed by atoms with Crippen LogP contribution in [-0.4, -0.2) is 7.05 Å². The monoisotopic (exact) mass is 193 g/mol. The number of rotatable bonds is 4. The molecule has 1 N–H and O–H groups in total. The molecule has 2 heteroatoms. The van der Waals surface area contributed by atoms with Gasteiger partial charge in [-0.1, -0.05) is 0 Å². The van der Waals surface area contributed by atoms with Gasteiger partial charge in [0.2, 0.25) is 0 Å². The van der Waals surface area contributed by atoms with Crippen LogP contribution < -0.4 is 5.32 Å². The lowest BCUT2D eigenvalue weighted by Crippen LogP contribution is -2.14. The van der Waals surface area contributed by atoms with E-state index in [0.29, 0.717) is 6.04 Å². The van der Waals surface area contributed by atoms with Crippen LogP contribution in [0.3, 0.4) is 0 Å². The molecule has 1 atom stereocenters. The Labute approximate surface area is 84.2 Å². The van der Waals surface area contributed by atoms with Gasteiger partial charge < -0.3 is 5.32 Å². The maximum atomic E-state index is 5.24. The highest BCUT2D eigenvalue weighted by Crippen LogP contribution is 2.25. The van der Waals surface area contributed by atoms with Crippen molar-refractivity contribution in [3.8, 4) is 12.3 Å². The molecule has 0 fully saturated rings. The van der Waals surface area contributed by atoms with Crippen LogP contribution in [0, 0.1) is 19.3 Å². The molecule has 0 spiro atoms. The Morgan fingerprint density at radius 2 is 2.38 bits per heavy atom. The second kappa shape index (κ2) is 5.06. The number of hydrogen-bond donors (Lipinski definition) is 1. The van der Waals surface area contributed by atoms with Crippen molar-refractivity contribution >= 4 is 11.3 Å². The lowest BCUT2D eigenvalue weighted by Gasteiger charge is -2.12. The summed E-state index contributed by atoms with van der Waals surface area (Å²) in [5.74, 6) is 2.67. The molecule has 1 aromatic rings. The van der Waals surface area contributed by atoms with Crippen molar-refractivity contribution in [2.45, 2.75) is 25.8 Å². The molecule has 0 aliphatic carbocycles. The molecule has 1 unspecified atom stereocenters. The fraction of sp³-hybridized carbons (Fsp3) is 0.455. The predicted octanol–water partition coefficient (Wildman–Crippen LogP) is 2.73. The minimum atomic E-state index is 0.426. The first-order chi connectivity index (χ1) is 6.27. The Kier molecular flexibility index (Phi) is 4.01. The molecule has 13 heavy (non-hydrogen) atoms. The molecule has 0 saturated carbocycles. The van der Waals surface area contributed by atoms with Crippen LogP contribution in [-0.2, 0) is 0 Å².